The van der Waals surface area contributed by atoms with Gasteiger partial charge in [-0.1, -0.05) is 48.0 Å². The van der Waals surface area contributed by atoms with Crippen LogP contribution in [0.3, 0.4) is 0 Å². The van der Waals surface area contributed by atoms with E-state index in [1.54, 1.807) is 13.0 Å². The Labute approximate surface area is 151 Å². The van der Waals surface area contributed by atoms with Crippen LogP contribution in [0, 0.1) is 6.92 Å². The van der Waals surface area contributed by atoms with E-state index in [0.717, 1.165) is 5.56 Å². The molecule has 0 amide bonds. The predicted molar refractivity (Wildman–Crippen MR) is 97.0 cm³/mol. The lowest BCUT2D eigenvalue weighted by atomic mass is 10.2. The van der Waals surface area contributed by atoms with Crippen molar-refractivity contribution in [2.24, 2.45) is 0 Å². The Kier molecular flexibility index (Phi) is 4.89. The van der Waals surface area contributed by atoms with Crippen molar-refractivity contribution in [2.75, 3.05) is 6.54 Å². The summed E-state index contributed by atoms with van der Waals surface area (Å²) in [5, 5.41) is 4.61. The summed E-state index contributed by atoms with van der Waals surface area (Å²) < 4.78 is 28.8. The highest BCUT2D eigenvalue weighted by molar-refractivity contribution is 7.89. The Morgan fingerprint density at radius 3 is 2.72 bits per heavy atom. The molecule has 0 saturated carbocycles. The molecular weight excluding hydrogens is 360 g/mol. The number of hydrogen-bond donors (Lipinski definition) is 0. The zero-order valence-electron chi connectivity index (χ0n) is 13.6. The van der Waals surface area contributed by atoms with Crippen LogP contribution >= 0.6 is 11.6 Å². The first-order chi connectivity index (χ1) is 11.9. The number of halogens is 1. The first kappa shape index (κ1) is 17.6. The highest BCUT2D eigenvalue weighted by Gasteiger charge is 2.25. The van der Waals surface area contributed by atoms with Gasteiger partial charge >= 0.3 is 0 Å². The summed E-state index contributed by atoms with van der Waals surface area (Å²) in [7, 11) is -3.76. The van der Waals surface area contributed by atoms with Gasteiger partial charge in [0.05, 0.1) is 18.1 Å². The molecule has 0 atom stereocenters. The van der Waals surface area contributed by atoms with E-state index in [1.165, 1.54) is 21.2 Å². The average molecular weight is 377 g/mol. The summed E-state index contributed by atoms with van der Waals surface area (Å²) in [6, 6.07) is 9.39. The molecule has 0 aliphatic heterocycles. The van der Waals surface area contributed by atoms with Crippen molar-refractivity contribution in [1.29, 1.82) is 0 Å². The molecule has 0 saturated heterocycles. The summed E-state index contributed by atoms with van der Waals surface area (Å²) in [5.41, 5.74) is 1.91. The summed E-state index contributed by atoms with van der Waals surface area (Å²) in [4.78, 5) is 4.21. The second-order valence-electron chi connectivity index (χ2n) is 5.53. The van der Waals surface area contributed by atoms with Crippen LogP contribution in [0.5, 0.6) is 0 Å². The lowest BCUT2D eigenvalue weighted by Crippen LogP contribution is -2.31. The highest BCUT2D eigenvalue weighted by Crippen LogP contribution is 2.22. The SMILES string of the molecule is C=CCN(Cc1ccccc1)S(=O)(=O)c1cnc2c(Cl)c(C)nn2c1. The maximum absolute atomic E-state index is 13.0. The molecule has 130 valence electrons. The lowest BCUT2D eigenvalue weighted by Gasteiger charge is -2.20. The van der Waals surface area contributed by atoms with Crippen molar-refractivity contribution in [2.45, 2.75) is 18.4 Å². The molecule has 6 nitrogen and oxygen atoms in total. The van der Waals surface area contributed by atoms with Crippen LogP contribution in [0.25, 0.3) is 5.65 Å². The first-order valence-electron chi connectivity index (χ1n) is 7.59. The Bertz CT molecular complexity index is 1020. The van der Waals surface area contributed by atoms with E-state index in [0.29, 0.717) is 16.4 Å². The quantitative estimate of drug-likeness (QED) is 0.620. The van der Waals surface area contributed by atoms with E-state index in [9.17, 15) is 8.42 Å². The van der Waals surface area contributed by atoms with Gasteiger partial charge in [0, 0.05) is 13.1 Å². The molecular formula is C17H17ClN4O2S. The van der Waals surface area contributed by atoms with Gasteiger partial charge in [0.1, 0.15) is 9.92 Å². The number of nitrogens with zero attached hydrogens (tertiary/aromatic N) is 4. The average Bonchev–Trinajstić information content (AvgIpc) is 2.89. The first-order valence-corrected chi connectivity index (χ1v) is 9.40. The van der Waals surface area contributed by atoms with Crippen LogP contribution in [0.1, 0.15) is 11.3 Å². The van der Waals surface area contributed by atoms with E-state index in [-0.39, 0.29) is 18.0 Å². The van der Waals surface area contributed by atoms with Gasteiger partial charge in [0.25, 0.3) is 0 Å². The molecule has 8 heteroatoms. The Hall–Kier alpha value is -2.22. The maximum atomic E-state index is 13.0. The van der Waals surface area contributed by atoms with Crippen molar-refractivity contribution in [3.63, 3.8) is 0 Å². The number of rotatable bonds is 6. The van der Waals surface area contributed by atoms with Crippen molar-refractivity contribution in [3.8, 4) is 0 Å². The Morgan fingerprint density at radius 2 is 2.04 bits per heavy atom. The fraction of sp³-hybridized carbons (Fsp3) is 0.176. The summed E-state index contributed by atoms with van der Waals surface area (Å²) in [6.07, 6.45) is 4.29. The van der Waals surface area contributed by atoms with Gasteiger partial charge in [-0.15, -0.1) is 6.58 Å². The third kappa shape index (κ3) is 3.44. The van der Waals surface area contributed by atoms with Crippen molar-refractivity contribution < 1.29 is 8.42 Å². The van der Waals surface area contributed by atoms with Gasteiger partial charge in [0.2, 0.25) is 10.0 Å². The predicted octanol–water partition coefficient (Wildman–Crippen LogP) is 3.07. The third-order valence-electron chi connectivity index (χ3n) is 3.72. The molecule has 2 heterocycles. The van der Waals surface area contributed by atoms with Gasteiger partial charge in [-0.05, 0) is 12.5 Å². The minimum atomic E-state index is -3.76. The molecule has 0 radical (unpaired) electrons. The van der Waals surface area contributed by atoms with Crippen LogP contribution in [0.15, 0.2) is 60.3 Å². The zero-order valence-corrected chi connectivity index (χ0v) is 15.2. The molecule has 0 fully saturated rings. The molecule has 3 aromatic rings. The largest absolute Gasteiger partial charge is 0.246 e. The van der Waals surface area contributed by atoms with Gasteiger partial charge in [-0.2, -0.15) is 9.40 Å². The number of aromatic nitrogens is 3. The van der Waals surface area contributed by atoms with Crippen LogP contribution < -0.4 is 0 Å². The van der Waals surface area contributed by atoms with Crippen LogP contribution in [-0.4, -0.2) is 33.9 Å². The van der Waals surface area contributed by atoms with Gasteiger partial charge in [0.15, 0.2) is 5.65 Å². The van der Waals surface area contributed by atoms with E-state index in [4.69, 9.17) is 11.6 Å². The number of aryl methyl sites for hydroxylation is 1. The van der Waals surface area contributed by atoms with E-state index >= 15 is 0 Å². The van der Waals surface area contributed by atoms with Gasteiger partial charge in [-0.3, -0.25) is 0 Å². The van der Waals surface area contributed by atoms with E-state index in [2.05, 4.69) is 16.7 Å². The number of fused-ring (bicyclic) bond motifs is 1. The highest BCUT2D eigenvalue weighted by atomic mass is 35.5. The summed E-state index contributed by atoms with van der Waals surface area (Å²) in [5.74, 6) is 0. The molecule has 0 N–H and O–H groups in total. The second-order valence-corrected chi connectivity index (χ2v) is 7.84. The maximum Gasteiger partial charge on any atom is 0.246 e. The molecule has 0 spiro atoms. The van der Waals surface area contributed by atoms with E-state index in [1.807, 2.05) is 30.3 Å². The Balaban J connectivity index is 2.01. The monoisotopic (exact) mass is 376 g/mol. The molecule has 25 heavy (non-hydrogen) atoms. The van der Waals surface area contributed by atoms with E-state index < -0.39 is 10.0 Å². The summed E-state index contributed by atoms with van der Waals surface area (Å²) in [6.45, 7) is 5.83. The molecule has 0 unspecified atom stereocenters. The van der Waals surface area contributed by atoms with Crippen molar-refractivity contribution in [1.82, 2.24) is 18.9 Å². The van der Waals surface area contributed by atoms with Crippen LogP contribution in [0.4, 0.5) is 0 Å². The molecule has 0 bridgehead atoms. The minimum Gasteiger partial charge on any atom is -0.234 e. The normalized spacial score (nSPS) is 12.0. The molecule has 0 aliphatic rings. The van der Waals surface area contributed by atoms with Crippen LogP contribution in [-0.2, 0) is 16.6 Å². The molecule has 1 aromatic carbocycles. The topological polar surface area (TPSA) is 67.6 Å². The number of benzene rings is 1. The second kappa shape index (κ2) is 6.95. The number of hydrogen-bond acceptors (Lipinski definition) is 4. The van der Waals surface area contributed by atoms with Gasteiger partial charge in [-0.25, -0.2) is 17.9 Å². The van der Waals surface area contributed by atoms with Crippen molar-refractivity contribution >= 4 is 27.3 Å². The minimum absolute atomic E-state index is 0.0527. The lowest BCUT2D eigenvalue weighted by molar-refractivity contribution is 0.437. The summed E-state index contributed by atoms with van der Waals surface area (Å²) >= 11 is 6.11. The standard InChI is InChI=1S/C17H17ClN4O2S/c1-3-9-21(11-14-7-5-4-6-8-14)25(23,24)15-10-19-17-16(18)13(2)20-22(17)12-15/h3-8,10,12H,1,9,11H2,2H3. The van der Waals surface area contributed by atoms with Crippen LogP contribution in [0.2, 0.25) is 5.02 Å². The fourth-order valence-corrected chi connectivity index (χ4v) is 3.97. The number of sulfonamides is 1. The Morgan fingerprint density at radius 1 is 1.32 bits per heavy atom. The fourth-order valence-electron chi connectivity index (χ4n) is 2.46. The van der Waals surface area contributed by atoms with Gasteiger partial charge < -0.3 is 0 Å². The third-order valence-corrected chi connectivity index (χ3v) is 5.93. The zero-order chi connectivity index (χ0) is 18.0. The smallest absolute Gasteiger partial charge is 0.234 e. The molecule has 3 rings (SSSR count). The molecule has 2 aromatic heterocycles. The van der Waals surface area contributed by atoms with Crippen molar-refractivity contribution in [3.05, 3.63) is 71.7 Å². The molecule has 0 aliphatic carbocycles.